The van der Waals surface area contributed by atoms with Crippen LogP contribution in [0.25, 0.3) is 10.8 Å². The zero-order valence-electron chi connectivity index (χ0n) is 17.1. The molecule has 150 valence electrons. The molecule has 0 radical (unpaired) electrons. The molecule has 1 saturated heterocycles. The van der Waals surface area contributed by atoms with Gasteiger partial charge in [-0.15, -0.1) is 0 Å². The van der Waals surface area contributed by atoms with Crippen LogP contribution >= 0.6 is 0 Å². The first-order valence-electron chi connectivity index (χ1n) is 10.7. The summed E-state index contributed by atoms with van der Waals surface area (Å²) in [6, 6.07) is 24.9. The van der Waals surface area contributed by atoms with Gasteiger partial charge in [-0.05, 0) is 60.1 Å². The van der Waals surface area contributed by atoms with Crippen molar-refractivity contribution in [3.63, 3.8) is 0 Å². The maximum Gasteiger partial charge on any atom is 0.263 e. The van der Waals surface area contributed by atoms with Gasteiger partial charge in [-0.3, -0.25) is 4.79 Å². The lowest BCUT2D eigenvalue weighted by molar-refractivity contribution is -0.140. The Morgan fingerprint density at radius 1 is 0.966 bits per heavy atom. The molecule has 3 aromatic carbocycles. The molecule has 0 aliphatic carbocycles. The fraction of sp³-hybridized carbons (Fsp3) is 0.346. The van der Waals surface area contributed by atoms with Crippen LogP contribution < -0.4 is 4.74 Å². The SMILES string of the molecule is CC[C@H](Oc1ccc2ccccc2c1)C(=O)N1CCC(Cc2ccccc2)CC1. The number of ether oxygens (including phenoxy) is 1. The van der Waals surface area contributed by atoms with Crippen LogP contribution in [0.5, 0.6) is 5.75 Å². The highest BCUT2D eigenvalue weighted by Gasteiger charge is 2.28. The van der Waals surface area contributed by atoms with Crippen molar-refractivity contribution in [2.45, 2.75) is 38.7 Å². The Balaban J connectivity index is 1.35. The first-order chi connectivity index (χ1) is 14.2. The third-order valence-corrected chi connectivity index (χ3v) is 5.94. The van der Waals surface area contributed by atoms with Crippen LogP contribution in [-0.4, -0.2) is 30.0 Å². The lowest BCUT2D eigenvalue weighted by Gasteiger charge is -2.34. The number of carbonyl (C=O) groups excluding carboxylic acids is 1. The Morgan fingerprint density at radius 3 is 2.38 bits per heavy atom. The fourth-order valence-electron chi connectivity index (χ4n) is 4.22. The molecule has 0 unspecified atom stereocenters. The van der Waals surface area contributed by atoms with E-state index in [1.54, 1.807) is 0 Å². The van der Waals surface area contributed by atoms with Crippen molar-refractivity contribution in [2.24, 2.45) is 5.92 Å². The predicted octanol–water partition coefficient (Wildman–Crippen LogP) is 5.48. The minimum Gasteiger partial charge on any atom is -0.481 e. The van der Waals surface area contributed by atoms with Gasteiger partial charge in [-0.1, -0.05) is 67.6 Å². The Hall–Kier alpha value is -2.81. The van der Waals surface area contributed by atoms with Crippen LogP contribution in [0.2, 0.25) is 0 Å². The summed E-state index contributed by atoms with van der Waals surface area (Å²) < 4.78 is 6.12. The van der Waals surface area contributed by atoms with E-state index in [1.807, 2.05) is 36.1 Å². The van der Waals surface area contributed by atoms with Gasteiger partial charge in [0.1, 0.15) is 5.75 Å². The fourth-order valence-corrected chi connectivity index (χ4v) is 4.22. The van der Waals surface area contributed by atoms with Crippen LogP contribution in [0.1, 0.15) is 31.7 Å². The van der Waals surface area contributed by atoms with Crippen molar-refractivity contribution in [1.29, 1.82) is 0 Å². The number of piperidine rings is 1. The average molecular weight is 388 g/mol. The zero-order chi connectivity index (χ0) is 20.1. The molecule has 3 heteroatoms. The van der Waals surface area contributed by atoms with Crippen molar-refractivity contribution >= 4 is 16.7 Å². The lowest BCUT2D eigenvalue weighted by atomic mass is 9.90. The van der Waals surface area contributed by atoms with Gasteiger partial charge in [0, 0.05) is 13.1 Å². The van der Waals surface area contributed by atoms with Crippen LogP contribution in [0, 0.1) is 5.92 Å². The monoisotopic (exact) mass is 387 g/mol. The highest BCUT2D eigenvalue weighted by atomic mass is 16.5. The normalized spacial score (nSPS) is 16.0. The molecule has 0 bridgehead atoms. The molecule has 3 aromatic rings. The van der Waals surface area contributed by atoms with Crippen LogP contribution in [0.3, 0.4) is 0 Å². The second kappa shape index (κ2) is 9.13. The third-order valence-electron chi connectivity index (χ3n) is 5.94. The smallest absolute Gasteiger partial charge is 0.263 e. The summed E-state index contributed by atoms with van der Waals surface area (Å²) in [7, 11) is 0. The summed E-state index contributed by atoms with van der Waals surface area (Å²) in [6.45, 7) is 3.67. The molecule has 1 atom stereocenters. The standard InChI is InChI=1S/C26H29NO2/c1-2-25(29-24-13-12-22-10-6-7-11-23(22)19-24)26(28)27-16-14-21(15-17-27)18-20-8-4-3-5-9-20/h3-13,19,21,25H,2,14-18H2,1H3/t25-/m0/s1. The summed E-state index contributed by atoms with van der Waals surface area (Å²) >= 11 is 0. The summed E-state index contributed by atoms with van der Waals surface area (Å²) in [4.78, 5) is 15.1. The number of rotatable bonds is 6. The summed E-state index contributed by atoms with van der Waals surface area (Å²) in [5, 5.41) is 2.31. The summed E-state index contributed by atoms with van der Waals surface area (Å²) in [6.07, 6.45) is 3.49. The number of likely N-dealkylation sites (tertiary alicyclic amines) is 1. The largest absolute Gasteiger partial charge is 0.481 e. The molecule has 1 amide bonds. The van der Waals surface area contributed by atoms with Gasteiger partial charge in [-0.2, -0.15) is 0 Å². The molecule has 1 heterocycles. The van der Waals surface area contributed by atoms with Crippen LogP contribution in [0.4, 0.5) is 0 Å². The molecule has 0 N–H and O–H groups in total. The van der Waals surface area contributed by atoms with Crippen molar-refractivity contribution < 1.29 is 9.53 Å². The first kappa shape index (κ1) is 19.5. The van der Waals surface area contributed by atoms with Gasteiger partial charge in [-0.25, -0.2) is 0 Å². The van der Waals surface area contributed by atoms with Crippen LogP contribution in [-0.2, 0) is 11.2 Å². The van der Waals surface area contributed by atoms with Crippen molar-refractivity contribution in [3.8, 4) is 5.75 Å². The highest BCUT2D eigenvalue weighted by molar-refractivity contribution is 5.84. The van der Waals surface area contributed by atoms with E-state index in [0.717, 1.165) is 43.5 Å². The maximum atomic E-state index is 13.1. The number of fused-ring (bicyclic) bond motifs is 1. The van der Waals surface area contributed by atoms with E-state index in [2.05, 4.69) is 48.5 Å². The van der Waals surface area contributed by atoms with Crippen molar-refractivity contribution in [3.05, 3.63) is 78.4 Å². The van der Waals surface area contributed by atoms with Gasteiger partial charge in [0.25, 0.3) is 5.91 Å². The maximum absolute atomic E-state index is 13.1. The molecule has 1 aliphatic rings. The number of carbonyl (C=O) groups is 1. The van der Waals surface area contributed by atoms with Gasteiger partial charge in [0.2, 0.25) is 0 Å². The van der Waals surface area contributed by atoms with Crippen molar-refractivity contribution in [2.75, 3.05) is 13.1 Å². The Labute approximate surface area is 173 Å². The predicted molar refractivity (Wildman–Crippen MR) is 118 cm³/mol. The van der Waals surface area contributed by atoms with Gasteiger partial charge < -0.3 is 9.64 Å². The minimum atomic E-state index is -0.415. The number of hydrogen-bond acceptors (Lipinski definition) is 2. The topological polar surface area (TPSA) is 29.5 Å². The highest BCUT2D eigenvalue weighted by Crippen LogP contribution is 2.25. The zero-order valence-corrected chi connectivity index (χ0v) is 17.1. The number of hydrogen-bond donors (Lipinski definition) is 0. The molecule has 29 heavy (non-hydrogen) atoms. The minimum absolute atomic E-state index is 0.124. The number of amides is 1. The van der Waals surface area contributed by atoms with E-state index in [1.165, 1.54) is 10.9 Å². The molecule has 4 rings (SSSR count). The van der Waals surface area contributed by atoms with Crippen molar-refractivity contribution in [1.82, 2.24) is 4.90 Å². The third kappa shape index (κ3) is 4.79. The molecule has 0 saturated carbocycles. The van der Waals surface area contributed by atoms with Gasteiger partial charge in [0.15, 0.2) is 6.10 Å². The van der Waals surface area contributed by atoms with E-state index < -0.39 is 6.10 Å². The Bertz CT molecular complexity index is 945. The average Bonchev–Trinajstić information content (AvgIpc) is 2.78. The van der Waals surface area contributed by atoms with Crippen LogP contribution in [0.15, 0.2) is 72.8 Å². The first-order valence-corrected chi connectivity index (χ1v) is 10.7. The van der Waals surface area contributed by atoms with Gasteiger partial charge in [0.05, 0.1) is 0 Å². The van der Waals surface area contributed by atoms with E-state index in [4.69, 9.17) is 4.74 Å². The second-order valence-corrected chi connectivity index (χ2v) is 7.98. The summed E-state index contributed by atoms with van der Waals surface area (Å²) in [5.41, 5.74) is 1.39. The molecule has 1 aliphatic heterocycles. The van der Waals surface area contributed by atoms with Gasteiger partial charge >= 0.3 is 0 Å². The number of nitrogens with zero attached hydrogens (tertiary/aromatic N) is 1. The Kier molecular flexibility index (Phi) is 6.14. The second-order valence-electron chi connectivity index (χ2n) is 7.98. The van der Waals surface area contributed by atoms with E-state index in [9.17, 15) is 4.79 Å². The lowest BCUT2D eigenvalue weighted by Crippen LogP contribution is -2.45. The summed E-state index contributed by atoms with van der Waals surface area (Å²) in [5.74, 6) is 1.55. The quantitative estimate of drug-likeness (QED) is 0.561. The molecule has 0 aromatic heterocycles. The molecular weight excluding hydrogens is 358 g/mol. The van der Waals surface area contributed by atoms with E-state index in [0.29, 0.717) is 12.3 Å². The number of benzene rings is 3. The molecule has 1 fully saturated rings. The van der Waals surface area contributed by atoms with E-state index in [-0.39, 0.29) is 5.91 Å². The molecular formula is C26H29NO2. The molecule has 0 spiro atoms. The molecule has 3 nitrogen and oxygen atoms in total. The van der Waals surface area contributed by atoms with E-state index >= 15 is 0 Å². The Morgan fingerprint density at radius 2 is 1.66 bits per heavy atom.